The fourth-order valence-corrected chi connectivity index (χ4v) is 7.93. The smallest absolute Gasteiger partial charge is 0.405 e. The minimum atomic E-state index is -0.919. The van der Waals surface area contributed by atoms with Crippen molar-refractivity contribution in [2.45, 2.75) is 138 Å². The fraction of sp³-hybridized carbons (Fsp3) is 0.649. The number of aliphatic hydroxyl groups is 1. The second-order valence-corrected chi connectivity index (χ2v) is 17.1. The lowest BCUT2D eigenvalue weighted by atomic mass is 9.83. The van der Waals surface area contributed by atoms with Crippen LogP contribution in [0.2, 0.25) is 0 Å². The molecule has 8 nitrogen and oxygen atoms in total. The van der Waals surface area contributed by atoms with E-state index in [0.717, 1.165) is 83.5 Å². The first kappa shape index (κ1) is 39.3. The van der Waals surface area contributed by atoms with Gasteiger partial charge in [-0.2, -0.15) is 0 Å². The van der Waals surface area contributed by atoms with E-state index < -0.39 is 18.3 Å². The van der Waals surface area contributed by atoms with Crippen LogP contribution in [0.15, 0.2) is 24.3 Å². The summed E-state index contributed by atoms with van der Waals surface area (Å²) in [6.07, 6.45) is 8.87. The summed E-state index contributed by atoms with van der Waals surface area (Å²) in [5, 5.41) is 56.1. The Kier molecular flexibility index (Phi) is 16.0. The highest BCUT2D eigenvalue weighted by Crippen LogP contribution is 2.45. The molecule has 10 heteroatoms. The van der Waals surface area contributed by atoms with Crippen molar-refractivity contribution in [3.63, 3.8) is 0 Å². The Morgan fingerprint density at radius 1 is 0.787 bits per heavy atom. The van der Waals surface area contributed by atoms with E-state index in [0.29, 0.717) is 28.7 Å². The molecule has 4 aliphatic carbocycles. The van der Waals surface area contributed by atoms with E-state index in [9.17, 15) is 30.3 Å². The molecule has 6 rings (SSSR count). The van der Waals surface area contributed by atoms with E-state index in [2.05, 4.69) is 38.8 Å². The minimum Gasteiger partial charge on any atom is -0.508 e. The number of alkyl halides is 2. The van der Waals surface area contributed by atoms with Gasteiger partial charge >= 0.3 is 6.09 Å². The second kappa shape index (κ2) is 19.1. The lowest BCUT2D eigenvalue weighted by Gasteiger charge is -2.27. The zero-order valence-electron chi connectivity index (χ0n) is 28.1. The van der Waals surface area contributed by atoms with Crippen molar-refractivity contribution in [1.82, 2.24) is 0 Å². The standard InChI is InChI=1S/C37H55Br2NO7/c1-4-5-13-24-14-8-6-11-22(2)35(45)26-18-28(41)34(29(42)19-26)25(16-10-17-32(38)39)15-9-7-12-23(3)36(47-37(40)46)27-20-30(43)33(24)31(44)21-27/h18-25,32,35-36,41-45H,4-17H2,1-3H3,(H2,40,46)/t22-,23-,24-,25+,35+,36+/m0/s1. The van der Waals surface area contributed by atoms with E-state index in [-0.39, 0.29) is 50.4 Å². The van der Waals surface area contributed by atoms with Crippen LogP contribution in [0.3, 0.4) is 0 Å². The van der Waals surface area contributed by atoms with Crippen molar-refractivity contribution in [3.8, 4) is 23.0 Å². The van der Waals surface area contributed by atoms with Gasteiger partial charge in [-0.3, -0.25) is 0 Å². The Hall–Kier alpha value is -2.17. The number of carbonyl (C=O) groups excluding carboxylic acids is 1. The third-order valence-electron chi connectivity index (χ3n) is 9.91. The van der Waals surface area contributed by atoms with Crippen LogP contribution in [-0.4, -0.2) is 35.4 Å². The van der Waals surface area contributed by atoms with Gasteiger partial charge in [-0.1, -0.05) is 97.6 Å². The summed E-state index contributed by atoms with van der Waals surface area (Å²) in [4.78, 5) is 12.0. The molecule has 264 valence electrons. The number of unbranched alkanes of at least 4 members (excludes halogenated alkanes) is 1. The summed E-state index contributed by atoms with van der Waals surface area (Å²) in [6, 6.07) is 6.43. The summed E-state index contributed by atoms with van der Waals surface area (Å²) in [5.74, 6) is -0.401. The molecule has 0 radical (unpaired) electrons. The number of phenols is 4. The number of hydrogen-bond acceptors (Lipinski definition) is 7. The fourth-order valence-electron chi connectivity index (χ4n) is 7.28. The van der Waals surface area contributed by atoms with E-state index in [1.165, 1.54) is 0 Å². The Balaban J connectivity index is 1.98. The molecular formula is C37H55Br2NO7. The molecular weight excluding hydrogens is 730 g/mol. The first-order valence-corrected chi connectivity index (χ1v) is 19.2. The van der Waals surface area contributed by atoms with E-state index in [4.69, 9.17) is 10.5 Å². The van der Waals surface area contributed by atoms with Crippen LogP contribution in [0.4, 0.5) is 4.79 Å². The topological polar surface area (TPSA) is 153 Å². The van der Waals surface area contributed by atoms with E-state index >= 15 is 0 Å². The number of nitrogens with two attached hydrogens (primary N) is 1. The van der Waals surface area contributed by atoms with Crippen molar-refractivity contribution >= 4 is 38.0 Å². The normalized spacial score (nSPS) is 24.9. The zero-order valence-corrected chi connectivity index (χ0v) is 31.3. The predicted octanol–water partition coefficient (Wildman–Crippen LogP) is 10.4. The molecule has 0 aliphatic heterocycles. The van der Waals surface area contributed by atoms with Gasteiger partial charge in [-0.25, -0.2) is 4.79 Å². The number of phenolic OH excluding ortho intramolecular Hbond substituents is 4. The number of aromatic hydroxyl groups is 4. The van der Waals surface area contributed by atoms with Crippen LogP contribution in [0.5, 0.6) is 23.0 Å². The highest BCUT2D eigenvalue weighted by atomic mass is 79.9. The van der Waals surface area contributed by atoms with Gasteiger partial charge in [0.15, 0.2) is 0 Å². The first-order chi connectivity index (χ1) is 22.3. The van der Waals surface area contributed by atoms with Crippen LogP contribution >= 0.6 is 31.9 Å². The molecule has 6 atom stereocenters. The molecule has 0 saturated heterocycles. The molecule has 0 spiro atoms. The Morgan fingerprint density at radius 2 is 1.23 bits per heavy atom. The summed E-state index contributed by atoms with van der Waals surface area (Å²) in [7, 11) is 0. The van der Waals surface area contributed by atoms with Crippen LogP contribution in [-0.2, 0) is 4.74 Å². The monoisotopic (exact) mass is 783 g/mol. The van der Waals surface area contributed by atoms with Crippen molar-refractivity contribution in [2.24, 2.45) is 17.6 Å². The third kappa shape index (κ3) is 11.5. The van der Waals surface area contributed by atoms with Gasteiger partial charge < -0.3 is 36.0 Å². The molecule has 4 bridgehead atoms. The molecule has 4 aliphatic rings. The molecule has 0 heterocycles. The van der Waals surface area contributed by atoms with Crippen molar-refractivity contribution in [3.05, 3.63) is 46.5 Å². The Labute approximate surface area is 297 Å². The number of amides is 1. The van der Waals surface area contributed by atoms with Crippen molar-refractivity contribution in [2.75, 3.05) is 0 Å². The summed E-state index contributed by atoms with van der Waals surface area (Å²) in [6.45, 7) is 6.05. The third-order valence-corrected chi connectivity index (χ3v) is 10.8. The van der Waals surface area contributed by atoms with Crippen LogP contribution < -0.4 is 5.73 Å². The highest BCUT2D eigenvalue weighted by molar-refractivity contribution is 9.24. The molecule has 7 N–H and O–H groups in total. The number of hydrogen-bond donors (Lipinski definition) is 6. The van der Waals surface area contributed by atoms with Gasteiger partial charge in [0.2, 0.25) is 0 Å². The van der Waals surface area contributed by atoms with Crippen molar-refractivity contribution in [1.29, 1.82) is 0 Å². The molecule has 2 aromatic rings. The molecule has 2 aromatic carbocycles. The maximum Gasteiger partial charge on any atom is 0.405 e. The van der Waals surface area contributed by atoms with E-state index in [1.807, 2.05) is 13.8 Å². The molecule has 47 heavy (non-hydrogen) atoms. The lowest BCUT2D eigenvalue weighted by molar-refractivity contribution is 0.0690. The number of primary amides is 1. The predicted molar refractivity (Wildman–Crippen MR) is 194 cm³/mol. The summed E-state index contributed by atoms with van der Waals surface area (Å²) >= 11 is 7.08. The summed E-state index contributed by atoms with van der Waals surface area (Å²) < 4.78 is 5.74. The lowest BCUT2D eigenvalue weighted by Crippen LogP contribution is -2.22. The first-order valence-electron chi connectivity index (χ1n) is 17.4. The van der Waals surface area contributed by atoms with E-state index in [1.54, 1.807) is 24.3 Å². The van der Waals surface area contributed by atoms with Gasteiger partial charge in [0.1, 0.15) is 29.1 Å². The minimum absolute atomic E-state index is 0.00279. The number of ether oxygens (including phenoxy) is 1. The van der Waals surface area contributed by atoms with Crippen molar-refractivity contribution < 1.29 is 35.1 Å². The molecule has 0 fully saturated rings. The van der Waals surface area contributed by atoms with Gasteiger partial charge in [0.05, 0.1) is 9.84 Å². The maximum atomic E-state index is 12.0. The SMILES string of the molecule is CCCC[C@H]1CCCC[C@H](C)[C@@H](O)c2cc(O)c(c(O)c2)[C@@H](CCCC(Br)Br)CCCC[C@H](C)[C@@H](OC(N)=O)c2cc(O)c1c(O)c2. The number of aliphatic hydroxyl groups excluding tert-OH is 1. The number of carbonyl (C=O) groups is 1. The van der Waals surface area contributed by atoms with Crippen LogP contribution in [0.25, 0.3) is 0 Å². The number of rotatable bonds is 8. The van der Waals surface area contributed by atoms with Crippen LogP contribution in [0, 0.1) is 11.8 Å². The maximum absolute atomic E-state index is 12.0. The molecule has 1 amide bonds. The highest BCUT2D eigenvalue weighted by Gasteiger charge is 2.29. The van der Waals surface area contributed by atoms with Gasteiger partial charge in [-0.15, -0.1) is 0 Å². The average Bonchev–Trinajstić information content (AvgIpc) is 2.99. The molecule has 0 aromatic heterocycles. The summed E-state index contributed by atoms with van der Waals surface area (Å²) in [5.41, 5.74) is 7.52. The van der Waals surface area contributed by atoms with Crippen LogP contribution in [0.1, 0.15) is 157 Å². The number of benzene rings is 2. The quantitative estimate of drug-likeness (QED) is 0.146. The molecule has 0 unspecified atom stereocenters. The van der Waals surface area contributed by atoms with Gasteiger partial charge in [0.25, 0.3) is 0 Å². The second-order valence-electron chi connectivity index (χ2n) is 13.6. The Morgan fingerprint density at radius 3 is 1.70 bits per heavy atom. The molecule has 0 saturated carbocycles. The zero-order chi connectivity index (χ0) is 34.7. The average molecular weight is 786 g/mol. The van der Waals surface area contributed by atoms with Gasteiger partial charge in [0, 0.05) is 16.7 Å². The number of halogens is 2. The largest absolute Gasteiger partial charge is 0.508 e. The van der Waals surface area contributed by atoms with Gasteiger partial charge in [-0.05, 0) is 98.4 Å². The Bertz CT molecular complexity index is 1240.